The van der Waals surface area contributed by atoms with Crippen molar-refractivity contribution in [3.05, 3.63) is 65.7 Å². The van der Waals surface area contributed by atoms with Crippen LogP contribution in [0.5, 0.6) is 0 Å². The SMILES string of the molecule is CCOC(=O)[C@]1(c2ccccc2)N[C@@H](c2ccc(N(C)C)cc2)[C@H]2C(=O)N(C)C(=O)[C@@H]21. The van der Waals surface area contributed by atoms with E-state index in [-0.39, 0.29) is 18.4 Å². The zero-order valence-electron chi connectivity index (χ0n) is 18.2. The molecule has 4 rings (SSSR count). The smallest absolute Gasteiger partial charge is 0.331 e. The lowest BCUT2D eigenvalue weighted by molar-refractivity contribution is -0.156. The highest BCUT2D eigenvalue weighted by Crippen LogP contribution is 2.53. The van der Waals surface area contributed by atoms with Gasteiger partial charge in [-0.25, -0.2) is 4.79 Å². The Balaban J connectivity index is 1.89. The van der Waals surface area contributed by atoms with Crippen LogP contribution in [0.15, 0.2) is 54.6 Å². The van der Waals surface area contributed by atoms with Crippen LogP contribution < -0.4 is 10.2 Å². The molecule has 4 atom stereocenters. The zero-order chi connectivity index (χ0) is 22.3. The number of esters is 1. The minimum Gasteiger partial charge on any atom is -0.464 e. The molecule has 0 unspecified atom stereocenters. The highest BCUT2D eigenvalue weighted by atomic mass is 16.5. The molecule has 0 aromatic heterocycles. The van der Waals surface area contributed by atoms with E-state index in [2.05, 4.69) is 5.32 Å². The summed E-state index contributed by atoms with van der Waals surface area (Å²) in [6, 6.07) is 16.4. The third-order valence-corrected chi connectivity index (χ3v) is 6.38. The second-order valence-electron chi connectivity index (χ2n) is 8.24. The van der Waals surface area contributed by atoms with Gasteiger partial charge >= 0.3 is 5.97 Å². The van der Waals surface area contributed by atoms with Gasteiger partial charge in [-0.2, -0.15) is 0 Å². The predicted molar refractivity (Wildman–Crippen MR) is 116 cm³/mol. The number of hydrogen-bond acceptors (Lipinski definition) is 6. The average molecular weight is 421 g/mol. The Labute approximate surface area is 182 Å². The number of amides is 2. The van der Waals surface area contributed by atoms with Gasteiger partial charge in [0.25, 0.3) is 0 Å². The van der Waals surface area contributed by atoms with Crippen molar-refractivity contribution in [1.82, 2.24) is 10.2 Å². The molecular formula is C24H27N3O4. The molecule has 2 aliphatic heterocycles. The largest absolute Gasteiger partial charge is 0.464 e. The standard InChI is InChI=1S/C24H27N3O4/c1-5-31-23(30)24(16-9-7-6-8-10-16)19-18(21(28)27(4)22(19)29)20(25-24)15-11-13-17(14-12-15)26(2)3/h6-14,18-20,25H,5H2,1-4H3/t18-,19+,20-,24+/m0/s1. The maximum Gasteiger partial charge on any atom is 0.331 e. The van der Waals surface area contributed by atoms with Gasteiger partial charge < -0.3 is 9.64 Å². The number of hydrogen-bond donors (Lipinski definition) is 1. The van der Waals surface area contributed by atoms with E-state index in [1.807, 2.05) is 61.5 Å². The van der Waals surface area contributed by atoms with Crippen LogP contribution in [0.25, 0.3) is 0 Å². The van der Waals surface area contributed by atoms with Crippen LogP contribution in [0.4, 0.5) is 5.69 Å². The minimum absolute atomic E-state index is 0.173. The molecule has 0 aliphatic carbocycles. The van der Waals surface area contributed by atoms with Crippen molar-refractivity contribution in [2.45, 2.75) is 18.5 Å². The van der Waals surface area contributed by atoms with Gasteiger partial charge in [0.05, 0.1) is 18.4 Å². The Hall–Kier alpha value is -3.19. The van der Waals surface area contributed by atoms with Crippen molar-refractivity contribution in [3.8, 4) is 0 Å². The van der Waals surface area contributed by atoms with E-state index < -0.39 is 29.4 Å². The Morgan fingerprint density at radius 2 is 1.71 bits per heavy atom. The lowest BCUT2D eigenvalue weighted by atomic mass is 9.75. The molecule has 2 saturated heterocycles. The summed E-state index contributed by atoms with van der Waals surface area (Å²) in [5.74, 6) is -2.78. The molecule has 162 valence electrons. The lowest BCUT2D eigenvalue weighted by Gasteiger charge is -2.33. The fraction of sp³-hybridized carbons (Fsp3) is 0.375. The van der Waals surface area contributed by atoms with Gasteiger partial charge in [-0.3, -0.25) is 19.8 Å². The van der Waals surface area contributed by atoms with Gasteiger partial charge in [-0.05, 0) is 30.2 Å². The molecule has 2 aromatic carbocycles. The van der Waals surface area contributed by atoms with E-state index in [1.54, 1.807) is 19.1 Å². The molecule has 0 saturated carbocycles. The number of likely N-dealkylation sites (tertiary alicyclic amines) is 1. The summed E-state index contributed by atoms with van der Waals surface area (Å²) in [6.45, 7) is 1.90. The van der Waals surface area contributed by atoms with Crippen molar-refractivity contribution < 1.29 is 19.1 Å². The topological polar surface area (TPSA) is 79.0 Å². The number of imide groups is 1. The second kappa shape index (κ2) is 7.81. The van der Waals surface area contributed by atoms with Gasteiger partial charge in [0.15, 0.2) is 5.54 Å². The van der Waals surface area contributed by atoms with Crippen LogP contribution in [0.2, 0.25) is 0 Å². The number of carbonyl (C=O) groups is 3. The molecule has 0 spiro atoms. The first kappa shape index (κ1) is 21.1. The van der Waals surface area contributed by atoms with Crippen molar-refractivity contribution in [3.63, 3.8) is 0 Å². The van der Waals surface area contributed by atoms with Crippen LogP contribution in [-0.2, 0) is 24.7 Å². The van der Waals surface area contributed by atoms with E-state index in [0.717, 1.165) is 16.2 Å². The number of nitrogens with zero attached hydrogens (tertiary/aromatic N) is 2. The summed E-state index contributed by atoms with van der Waals surface area (Å²) in [7, 11) is 5.39. The normalized spacial score (nSPS) is 27.4. The molecule has 7 heteroatoms. The lowest BCUT2D eigenvalue weighted by Crippen LogP contribution is -2.53. The van der Waals surface area contributed by atoms with Crippen LogP contribution in [0, 0.1) is 11.8 Å². The molecule has 2 aromatic rings. The third kappa shape index (κ3) is 3.11. The van der Waals surface area contributed by atoms with Crippen LogP contribution in [-0.4, -0.2) is 50.4 Å². The first-order valence-electron chi connectivity index (χ1n) is 10.4. The molecule has 2 fully saturated rings. The first-order chi connectivity index (χ1) is 14.8. The van der Waals surface area contributed by atoms with Crippen LogP contribution in [0.1, 0.15) is 24.1 Å². The number of rotatable bonds is 5. The summed E-state index contributed by atoms with van der Waals surface area (Å²) in [5.41, 5.74) is 1.04. The summed E-state index contributed by atoms with van der Waals surface area (Å²) in [6.07, 6.45) is 0. The molecule has 2 aliphatic rings. The zero-order valence-corrected chi connectivity index (χ0v) is 18.2. The number of nitrogens with one attached hydrogen (secondary N) is 1. The van der Waals surface area contributed by atoms with E-state index >= 15 is 0 Å². The molecule has 1 N–H and O–H groups in total. The first-order valence-corrected chi connectivity index (χ1v) is 10.4. The van der Waals surface area contributed by atoms with Gasteiger partial charge in [0.2, 0.25) is 11.8 Å². The molecule has 2 heterocycles. The van der Waals surface area contributed by atoms with Crippen LogP contribution >= 0.6 is 0 Å². The third-order valence-electron chi connectivity index (χ3n) is 6.38. The number of anilines is 1. The fourth-order valence-electron chi connectivity index (χ4n) is 4.83. The number of fused-ring (bicyclic) bond motifs is 1. The Morgan fingerprint density at radius 1 is 1.06 bits per heavy atom. The maximum absolute atomic E-state index is 13.4. The van der Waals surface area contributed by atoms with E-state index in [0.29, 0.717) is 5.56 Å². The predicted octanol–water partition coefficient (Wildman–Crippen LogP) is 2.09. The summed E-state index contributed by atoms with van der Waals surface area (Å²) >= 11 is 0. The molecule has 31 heavy (non-hydrogen) atoms. The molecule has 7 nitrogen and oxygen atoms in total. The second-order valence-corrected chi connectivity index (χ2v) is 8.24. The maximum atomic E-state index is 13.4. The van der Waals surface area contributed by atoms with Gasteiger partial charge in [-0.1, -0.05) is 42.5 Å². The monoisotopic (exact) mass is 421 g/mol. The van der Waals surface area contributed by atoms with Crippen molar-refractivity contribution >= 4 is 23.5 Å². The number of benzene rings is 2. The summed E-state index contributed by atoms with van der Waals surface area (Å²) in [5, 5.41) is 3.40. The van der Waals surface area contributed by atoms with E-state index in [9.17, 15) is 14.4 Å². The fourth-order valence-corrected chi connectivity index (χ4v) is 4.83. The van der Waals surface area contributed by atoms with Crippen molar-refractivity contribution in [2.75, 3.05) is 32.6 Å². The quantitative estimate of drug-likeness (QED) is 0.588. The summed E-state index contributed by atoms with van der Waals surface area (Å²) in [4.78, 5) is 43.0. The van der Waals surface area contributed by atoms with E-state index in [1.165, 1.54) is 7.05 Å². The number of ether oxygens (including phenoxy) is 1. The molecule has 2 amide bonds. The molecule has 0 bridgehead atoms. The van der Waals surface area contributed by atoms with Gasteiger partial charge in [0.1, 0.15) is 0 Å². The average Bonchev–Trinajstić information content (AvgIpc) is 3.25. The van der Waals surface area contributed by atoms with E-state index in [4.69, 9.17) is 4.74 Å². The van der Waals surface area contributed by atoms with Crippen molar-refractivity contribution in [1.29, 1.82) is 0 Å². The minimum atomic E-state index is -1.44. The van der Waals surface area contributed by atoms with Gasteiger partial charge in [-0.15, -0.1) is 0 Å². The van der Waals surface area contributed by atoms with Gasteiger partial charge in [0, 0.05) is 32.9 Å². The van der Waals surface area contributed by atoms with Crippen molar-refractivity contribution in [2.24, 2.45) is 11.8 Å². The van der Waals surface area contributed by atoms with Crippen LogP contribution in [0.3, 0.4) is 0 Å². The highest BCUT2D eigenvalue weighted by molar-refractivity contribution is 6.09. The Kier molecular flexibility index (Phi) is 5.31. The molecular weight excluding hydrogens is 394 g/mol. The Bertz CT molecular complexity index is 1010. The number of carbonyl (C=O) groups excluding carboxylic acids is 3. The summed E-state index contributed by atoms with van der Waals surface area (Å²) < 4.78 is 5.46. The Morgan fingerprint density at radius 3 is 2.29 bits per heavy atom. The molecule has 0 radical (unpaired) electrons. The highest BCUT2D eigenvalue weighted by Gasteiger charge is 2.69.